The van der Waals surface area contributed by atoms with E-state index in [-0.39, 0.29) is 5.91 Å². The minimum atomic E-state index is 0.231. The van der Waals surface area contributed by atoms with Gasteiger partial charge in [0.1, 0.15) is 0 Å². The zero-order valence-electron chi connectivity index (χ0n) is 8.79. The minimum absolute atomic E-state index is 0.231. The average Bonchev–Trinajstić information content (AvgIpc) is 2.30. The summed E-state index contributed by atoms with van der Waals surface area (Å²) in [5.74, 6) is 0.231. The van der Waals surface area contributed by atoms with Crippen LogP contribution in [-0.2, 0) is 4.79 Å². The number of nitrogens with zero attached hydrogens (tertiary/aromatic N) is 2. The first-order valence-electron chi connectivity index (χ1n) is 5.06. The second kappa shape index (κ2) is 3.48. The molecule has 14 heavy (non-hydrogen) atoms. The molecule has 0 saturated carbocycles. The van der Waals surface area contributed by atoms with Gasteiger partial charge in [-0.05, 0) is 18.4 Å². The van der Waals surface area contributed by atoms with Crippen molar-refractivity contribution < 1.29 is 4.79 Å². The van der Waals surface area contributed by atoms with Gasteiger partial charge >= 0.3 is 0 Å². The number of likely N-dealkylation sites (N-methyl/N-ethyl adjacent to an activating group) is 2. The van der Waals surface area contributed by atoms with Crippen LogP contribution in [-0.4, -0.2) is 36.3 Å². The van der Waals surface area contributed by atoms with Gasteiger partial charge in [-0.15, -0.1) is 0 Å². The van der Waals surface area contributed by atoms with E-state index in [0.29, 0.717) is 6.42 Å². The van der Waals surface area contributed by atoms with E-state index in [1.807, 2.05) is 14.1 Å². The highest BCUT2D eigenvalue weighted by molar-refractivity contribution is 5.79. The molecule has 2 rings (SSSR count). The number of rotatable bonds is 0. The number of allylic oxidation sites excluding steroid dienone is 1. The maximum absolute atomic E-state index is 11.6. The van der Waals surface area contributed by atoms with Gasteiger partial charge in [0.15, 0.2) is 0 Å². The molecule has 2 heterocycles. The number of hydrogen-bond acceptors (Lipinski definition) is 2. The maximum Gasteiger partial charge on any atom is 0.226 e. The maximum atomic E-state index is 11.6. The van der Waals surface area contributed by atoms with Gasteiger partial charge in [-0.2, -0.15) is 0 Å². The van der Waals surface area contributed by atoms with Gasteiger partial charge in [0.2, 0.25) is 5.91 Å². The zero-order chi connectivity index (χ0) is 10.1. The van der Waals surface area contributed by atoms with Gasteiger partial charge in [-0.3, -0.25) is 4.79 Å². The van der Waals surface area contributed by atoms with Crippen LogP contribution in [0.5, 0.6) is 0 Å². The monoisotopic (exact) mass is 192 g/mol. The van der Waals surface area contributed by atoms with Gasteiger partial charge in [-0.1, -0.05) is 6.08 Å². The summed E-state index contributed by atoms with van der Waals surface area (Å²) in [6.45, 7) is 0.959. The summed E-state index contributed by atoms with van der Waals surface area (Å²) in [5.41, 5.74) is 2.41. The van der Waals surface area contributed by atoms with Gasteiger partial charge < -0.3 is 9.80 Å². The molecule has 1 saturated heterocycles. The Labute approximate surface area is 84.7 Å². The molecule has 0 aromatic carbocycles. The standard InChI is InChI=1S/C11H16N2O/c1-12-7-6-9-4-3-5-11(14)13(2)10(9)8-12/h6,8H,3-5,7H2,1-2H3. The van der Waals surface area contributed by atoms with E-state index in [2.05, 4.69) is 17.2 Å². The Morgan fingerprint density at radius 2 is 2.07 bits per heavy atom. The molecule has 0 spiro atoms. The highest BCUT2D eigenvalue weighted by Gasteiger charge is 2.23. The van der Waals surface area contributed by atoms with Crippen LogP contribution >= 0.6 is 0 Å². The number of fused-ring (bicyclic) bond motifs is 1. The molecule has 3 heteroatoms. The lowest BCUT2D eigenvalue weighted by Crippen LogP contribution is -2.28. The van der Waals surface area contributed by atoms with E-state index >= 15 is 0 Å². The molecule has 0 aromatic heterocycles. The lowest BCUT2D eigenvalue weighted by molar-refractivity contribution is -0.127. The molecule has 0 radical (unpaired) electrons. The molecule has 0 aliphatic carbocycles. The van der Waals surface area contributed by atoms with E-state index < -0.39 is 0 Å². The summed E-state index contributed by atoms with van der Waals surface area (Å²) in [4.78, 5) is 15.5. The fraction of sp³-hybridized carbons (Fsp3) is 0.545. The molecule has 1 fully saturated rings. The fourth-order valence-corrected chi connectivity index (χ4v) is 1.97. The van der Waals surface area contributed by atoms with Crippen molar-refractivity contribution in [3.63, 3.8) is 0 Å². The Bertz CT molecular complexity index is 317. The van der Waals surface area contributed by atoms with Gasteiger partial charge in [-0.25, -0.2) is 0 Å². The molecular weight excluding hydrogens is 176 g/mol. The van der Waals surface area contributed by atoms with Crippen molar-refractivity contribution in [3.05, 3.63) is 23.5 Å². The molecule has 0 bridgehead atoms. The van der Waals surface area contributed by atoms with Crippen LogP contribution in [0, 0.1) is 0 Å². The Balaban J connectivity index is 2.33. The van der Waals surface area contributed by atoms with Crippen LogP contribution in [0.2, 0.25) is 0 Å². The largest absolute Gasteiger partial charge is 0.375 e. The third kappa shape index (κ3) is 1.54. The van der Waals surface area contributed by atoms with Gasteiger partial charge in [0.05, 0.1) is 5.70 Å². The summed E-state index contributed by atoms with van der Waals surface area (Å²) < 4.78 is 0. The Hall–Kier alpha value is -1.25. The smallest absolute Gasteiger partial charge is 0.226 e. The van der Waals surface area contributed by atoms with E-state index in [1.165, 1.54) is 5.57 Å². The second-order valence-corrected chi connectivity index (χ2v) is 3.99. The van der Waals surface area contributed by atoms with Crippen LogP contribution < -0.4 is 0 Å². The molecule has 76 valence electrons. The van der Waals surface area contributed by atoms with Crippen molar-refractivity contribution in [2.24, 2.45) is 0 Å². The lowest BCUT2D eigenvalue weighted by atomic mass is 10.1. The predicted octanol–water partition coefficient (Wildman–Crippen LogP) is 1.34. The zero-order valence-corrected chi connectivity index (χ0v) is 8.79. The molecule has 2 aliphatic rings. The third-order valence-electron chi connectivity index (χ3n) is 2.87. The average molecular weight is 192 g/mol. The van der Waals surface area contributed by atoms with Crippen LogP contribution in [0.15, 0.2) is 23.5 Å². The molecule has 0 unspecified atom stereocenters. The molecule has 2 aliphatic heterocycles. The van der Waals surface area contributed by atoms with Crippen molar-refractivity contribution in [1.82, 2.24) is 9.80 Å². The van der Waals surface area contributed by atoms with E-state index in [1.54, 1.807) is 4.90 Å². The highest BCUT2D eigenvalue weighted by Crippen LogP contribution is 2.27. The fourth-order valence-electron chi connectivity index (χ4n) is 1.97. The Morgan fingerprint density at radius 1 is 1.29 bits per heavy atom. The molecule has 0 atom stereocenters. The minimum Gasteiger partial charge on any atom is -0.375 e. The SMILES string of the molecule is CN1C=C2C(=CC1)CCCC(=O)N2C. The summed E-state index contributed by atoms with van der Waals surface area (Å²) in [6, 6.07) is 0. The summed E-state index contributed by atoms with van der Waals surface area (Å²) in [7, 11) is 3.90. The number of hydrogen-bond donors (Lipinski definition) is 0. The number of amides is 1. The summed E-state index contributed by atoms with van der Waals surface area (Å²) in [5, 5.41) is 0. The molecule has 0 aromatic rings. The lowest BCUT2D eigenvalue weighted by Gasteiger charge is -2.26. The van der Waals surface area contributed by atoms with Crippen molar-refractivity contribution in [2.45, 2.75) is 19.3 Å². The van der Waals surface area contributed by atoms with E-state index in [4.69, 9.17) is 0 Å². The Kier molecular flexibility index (Phi) is 2.32. The quantitative estimate of drug-likeness (QED) is 0.578. The van der Waals surface area contributed by atoms with Gasteiger partial charge in [0, 0.05) is 33.3 Å². The predicted molar refractivity (Wildman–Crippen MR) is 55.4 cm³/mol. The topological polar surface area (TPSA) is 23.6 Å². The van der Waals surface area contributed by atoms with Crippen molar-refractivity contribution in [2.75, 3.05) is 20.6 Å². The van der Waals surface area contributed by atoms with E-state index in [9.17, 15) is 4.79 Å². The first kappa shape index (κ1) is 9.31. The normalized spacial score (nSPS) is 22.6. The highest BCUT2D eigenvalue weighted by atomic mass is 16.2. The number of carbonyl (C=O) groups is 1. The van der Waals surface area contributed by atoms with Crippen molar-refractivity contribution >= 4 is 5.91 Å². The first-order valence-corrected chi connectivity index (χ1v) is 5.06. The third-order valence-corrected chi connectivity index (χ3v) is 2.87. The van der Waals surface area contributed by atoms with Crippen LogP contribution in [0.4, 0.5) is 0 Å². The molecule has 0 N–H and O–H groups in total. The van der Waals surface area contributed by atoms with Crippen LogP contribution in [0.1, 0.15) is 19.3 Å². The van der Waals surface area contributed by atoms with E-state index in [0.717, 1.165) is 25.1 Å². The van der Waals surface area contributed by atoms with Gasteiger partial charge in [0.25, 0.3) is 0 Å². The second-order valence-electron chi connectivity index (χ2n) is 3.99. The van der Waals surface area contributed by atoms with Crippen LogP contribution in [0.3, 0.4) is 0 Å². The molecular formula is C11H16N2O. The molecule has 3 nitrogen and oxygen atoms in total. The Morgan fingerprint density at radius 3 is 2.86 bits per heavy atom. The summed E-state index contributed by atoms with van der Waals surface area (Å²) >= 11 is 0. The number of likely N-dealkylation sites (tertiary alicyclic amines) is 1. The van der Waals surface area contributed by atoms with Crippen molar-refractivity contribution in [1.29, 1.82) is 0 Å². The van der Waals surface area contributed by atoms with Crippen LogP contribution in [0.25, 0.3) is 0 Å². The number of carbonyl (C=O) groups excluding carboxylic acids is 1. The van der Waals surface area contributed by atoms with Crippen molar-refractivity contribution in [3.8, 4) is 0 Å². The molecule has 1 amide bonds. The first-order chi connectivity index (χ1) is 6.68. The summed E-state index contributed by atoms with van der Waals surface area (Å²) in [6.07, 6.45) is 6.99.